The first-order valence-electron chi connectivity index (χ1n) is 17.9. The molecule has 1 saturated carbocycles. The van der Waals surface area contributed by atoms with E-state index in [4.69, 9.17) is 4.74 Å². The Morgan fingerprint density at radius 1 is 1.08 bits per heavy atom. The first-order valence-corrected chi connectivity index (χ1v) is 17.9. The first-order chi connectivity index (χ1) is 24.1. The van der Waals surface area contributed by atoms with Gasteiger partial charge in [0.05, 0.1) is 25.4 Å². The van der Waals surface area contributed by atoms with Crippen molar-refractivity contribution in [1.82, 2.24) is 20.4 Å². The lowest BCUT2D eigenvalue weighted by molar-refractivity contribution is -0.119. The van der Waals surface area contributed by atoms with Crippen molar-refractivity contribution in [2.45, 2.75) is 63.2 Å². The van der Waals surface area contributed by atoms with E-state index in [0.29, 0.717) is 51.4 Å². The number of hydrogen-bond acceptors (Lipinski definition) is 7. The highest BCUT2D eigenvalue weighted by Gasteiger charge is 2.53. The number of nitrogens with zero attached hydrogens (tertiary/aromatic N) is 4. The molecule has 3 saturated heterocycles. The summed E-state index contributed by atoms with van der Waals surface area (Å²) in [6.45, 7) is 5.83. The summed E-state index contributed by atoms with van der Waals surface area (Å²) >= 11 is 0. The fraction of sp³-hybridized carbons (Fsp3) is 0.605. The molecule has 3 atom stereocenters. The molecule has 0 bridgehead atoms. The minimum absolute atomic E-state index is 0.0546. The minimum atomic E-state index is -0.812. The van der Waals surface area contributed by atoms with Gasteiger partial charge in [0.15, 0.2) is 0 Å². The van der Waals surface area contributed by atoms with Gasteiger partial charge in [-0.1, -0.05) is 18.6 Å². The number of benzene rings is 2. The number of piperidine rings is 1. The number of methoxy groups -OCH3 is 1. The van der Waals surface area contributed by atoms with Gasteiger partial charge in [0.25, 0.3) is 0 Å². The zero-order valence-corrected chi connectivity index (χ0v) is 29.1. The smallest absolute Gasteiger partial charge is 0.407 e. The van der Waals surface area contributed by atoms with E-state index >= 15 is 0 Å². The molecule has 2 N–H and O–H groups in total. The maximum Gasteiger partial charge on any atom is 0.407 e. The van der Waals surface area contributed by atoms with Crippen molar-refractivity contribution in [3.05, 3.63) is 65.0 Å². The summed E-state index contributed by atoms with van der Waals surface area (Å²) in [7, 11) is 1.34. The van der Waals surface area contributed by atoms with Crippen molar-refractivity contribution < 1.29 is 27.5 Å². The fourth-order valence-electron chi connectivity index (χ4n) is 9.29. The van der Waals surface area contributed by atoms with Gasteiger partial charge >= 0.3 is 6.09 Å². The number of alkyl halides is 2. The third-order valence-electron chi connectivity index (χ3n) is 11.8. The third kappa shape index (κ3) is 7.45. The van der Waals surface area contributed by atoms with Gasteiger partial charge in [-0.25, -0.2) is 13.6 Å². The average Bonchev–Trinajstić information content (AvgIpc) is 3.54. The lowest BCUT2D eigenvalue weighted by Gasteiger charge is -2.54. The fourth-order valence-corrected chi connectivity index (χ4v) is 9.29. The second-order valence-corrected chi connectivity index (χ2v) is 15.0. The maximum absolute atomic E-state index is 14.9. The Hall–Kier alpha value is -3.82. The molecule has 2 amide bonds. The number of nitriles is 1. The van der Waals surface area contributed by atoms with Crippen LogP contribution in [0, 0.1) is 34.4 Å². The van der Waals surface area contributed by atoms with Gasteiger partial charge in [0.2, 0.25) is 5.91 Å². The van der Waals surface area contributed by atoms with Gasteiger partial charge in [0.1, 0.15) is 12.0 Å². The van der Waals surface area contributed by atoms with Crippen molar-refractivity contribution >= 4 is 17.7 Å². The van der Waals surface area contributed by atoms with Crippen LogP contribution in [-0.2, 0) is 21.5 Å². The number of ether oxygens (including phenoxy) is 1. The summed E-state index contributed by atoms with van der Waals surface area (Å²) in [4.78, 5) is 31.3. The summed E-state index contributed by atoms with van der Waals surface area (Å²) in [5.74, 6) is -0.486. The molecule has 2 aromatic carbocycles. The van der Waals surface area contributed by atoms with E-state index in [-0.39, 0.29) is 29.6 Å². The molecule has 12 heteroatoms. The number of likely N-dealkylation sites (tertiary alicyclic amines) is 2. The van der Waals surface area contributed by atoms with Crippen LogP contribution in [-0.4, -0.2) is 100 Å². The van der Waals surface area contributed by atoms with Gasteiger partial charge < -0.3 is 25.2 Å². The zero-order chi connectivity index (χ0) is 35.5. The Morgan fingerprint density at radius 2 is 1.84 bits per heavy atom. The number of rotatable bonds is 12. The highest BCUT2D eigenvalue weighted by molar-refractivity contribution is 5.73. The van der Waals surface area contributed by atoms with Crippen LogP contribution < -0.4 is 15.5 Å². The molecule has 3 heterocycles. The second-order valence-electron chi connectivity index (χ2n) is 15.0. The lowest BCUT2D eigenvalue weighted by atomic mass is 9.58. The number of anilines is 1. The van der Waals surface area contributed by atoms with Crippen LogP contribution in [0.3, 0.4) is 0 Å². The quantitative estimate of drug-likeness (QED) is 0.325. The molecular weight excluding hydrogens is 645 g/mol. The molecule has 0 radical (unpaired) electrons. The number of alkyl carbamates (subject to hydrolysis) is 1. The van der Waals surface area contributed by atoms with Crippen molar-refractivity contribution in [2.24, 2.45) is 17.3 Å². The van der Waals surface area contributed by atoms with Crippen molar-refractivity contribution in [3.8, 4) is 6.07 Å². The van der Waals surface area contributed by atoms with Crippen LogP contribution in [0.15, 0.2) is 42.5 Å². The van der Waals surface area contributed by atoms with Gasteiger partial charge in [-0.05, 0) is 92.1 Å². The Morgan fingerprint density at radius 3 is 2.48 bits per heavy atom. The van der Waals surface area contributed by atoms with E-state index in [1.54, 1.807) is 18.2 Å². The standard InChI is InChI=1S/C38H49F3N6O3/c1-26(48)43-22-38(30-5-3-6-31(40)16-30,34-7-4-8-35(34)44-36(49)50-2)29-11-13-45(14-12-29)23-37(21-39)24-47(25-37)33-10-9-27(17-42)28(15-33)18-46-19-32(41)20-46/h3,5-6,9-10,15-16,29,32,34-35H,4,7-8,11-14,18-25H2,1-2H3,(H,43,48)(H,44,49)/t34-,35-,38-/m0/s1. The highest BCUT2D eigenvalue weighted by atomic mass is 19.1. The number of carbonyl (C=O) groups is 2. The van der Waals surface area contributed by atoms with Crippen LogP contribution >= 0.6 is 0 Å². The molecule has 4 aliphatic rings. The van der Waals surface area contributed by atoms with E-state index in [0.717, 1.165) is 62.0 Å². The van der Waals surface area contributed by atoms with Crippen LogP contribution in [0.2, 0.25) is 0 Å². The van der Waals surface area contributed by atoms with Crippen LogP contribution in [0.1, 0.15) is 55.7 Å². The SMILES string of the molecule is COC(=O)N[C@H]1CCC[C@@H]1[C@](CNC(C)=O)(c1cccc(F)c1)C1CCN(CC2(CF)CN(c3ccc(C#N)c(CN4CC(F)C4)c3)C2)CC1. The summed E-state index contributed by atoms with van der Waals surface area (Å²) in [6.07, 6.45) is 2.71. The van der Waals surface area contributed by atoms with Crippen molar-refractivity contribution in [2.75, 3.05) is 71.0 Å². The van der Waals surface area contributed by atoms with Gasteiger partial charge in [-0.15, -0.1) is 0 Å². The Kier molecular flexibility index (Phi) is 10.9. The van der Waals surface area contributed by atoms with E-state index in [9.17, 15) is 28.0 Å². The number of nitrogens with one attached hydrogen (secondary N) is 2. The minimum Gasteiger partial charge on any atom is -0.453 e. The summed E-state index contributed by atoms with van der Waals surface area (Å²) in [5.41, 5.74) is 2.06. The maximum atomic E-state index is 14.9. The molecule has 3 aliphatic heterocycles. The molecule has 6 rings (SSSR count). The van der Waals surface area contributed by atoms with E-state index < -0.39 is 29.8 Å². The lowest BCUT2D eigenvalue weighted by Crippen LogP contribution is -2.63. The number of amides is 2. The predicted molar refractivity (Wildman–Crippen MR) is 185 cm³/mol. The third-order valence-corrected chi connectivity index (χ3v) is 11.8. The van der Waals surface area contributed by atoms with E-state index in [1.807, 2.05) is 23.1 Å². The molecule has 4 fully saturated rings. The molecule has 50 heavy (non-hydrogen) atoms. The Bertz CT molecular complexity index is 1570. The molecule has 0 unspecified atom stereocenters. The molecule has 0 spiro atoms. The first kappa shape index (κ1) is 36.0. The number of hydrogen-bond donors (Lipinski definition) is 2. The number of carbonyl (C=O) groups excluding carboxylic acids is 2. The largest absolute Gasteiger partial charge is 0.453 e. The zero-order valence-electron chi connectivity index (χ0n) is 29.1. The Balaban J connectivity index is 1.17. The van der Waals surface area contributed by atoms with E-state index in [1.165, 1.54) is 20.1 Å². The van der Waals surface area contributed by atoms with Crippen molar-refractivity contribution in [3.63, 3.8) is 0 Å². The van der Waals surface area contributed by atoms with Gasteiger partial charge in [-0.2, -0.15) is 5.26 Å². The molecule has 270 valence electrons. The average molecular weight is 695 g/mol. The van der Waals surface area contributed by atoms with Gasteiger partial charge in [0, 0.05) is 75.3 Å². The summed E-state index contributed by atoms with van der Waals surface area (Å²) in [6, 6.07) is 14.4. The monoisotopic (exact) mass is 694 g/mol. The van der Waals surface area contributed by atoms with E-state index in [2.05, 4.69) is 26.5 Å². The molecular formula is C38H49F3N6O3. The van der Waals surface area contributed by atoms with Crippen LogP contribution in [0.5, 0.6) is 0 Å². The van der Waals surface area contributed by atoms with Crippen LogP contribution in [0.4, 0.5) is 23.7 Å². The highest BCUT2D eigenvalue weighted by Crippen LogP contribution is 2.51. The summed E-state index contributed by atoms with van der Waals surface area (Å²) < 4.78 is 48.1. The summed E-state index contributed by atoms with van der Waals surface area (Å²) in [5, 5.41) is 15.8. The van der Waals surface area contributed by atoms with Crippen LogP contribution in [0.25, 0.3) is 0 Å². The molecule has 0 aromatic heterocycles. The molecule has 9 nitrogen and oxygen atoms in total. The topological polar surface area (TPSA) is 101 Å². The number of halogens is 3. The Labute approximate surface area is 293 Å². The predicted octanol–water partition coefficient (Wildman–Crippen LogP) is 4.94. The van der Waals surface area contributed by atoms with Gasteiger partial charge in [-0.3, -0.25) is 14.1 Å². The molecule has 1 aliphatic carbocycles. The molecule has 2 aromatic rings. The van der Waals surface area contributed by atoms with Crippen molar-refractivity contribution in [1.29, 1.82) is 5.26 Å². The normalized spacial score (nSPS) is 24.0. The second kappa shape index (κ2) is 15.2.